The van der Waals surface area contributed by atoms with Crippen molar-refractivity contribution in [2.24, 2.45) is 0 Å². The number of nitrogens with one attached hydrogen (secondary N) is 1. The molecule has 0 fully saturated rings. The molecule has 0 aromatic heterocycles. The minimum Gasteiger partial charge on any atom is -0.392 e. The molecule has 0 aliphatic carbocycles. The summed E-state index contributed by atoms with van der Waals surface area (Å²) in [7, 11) is -3.55. The van der Waals surface area contributed by atoms with Crippen molar-refractivity contribution in [2.45, 2.75) is 23.7 Å². The third kappa shape index (κ3) is 4.13. The lowest BCUT2D eigenvalue weighted by Crippen LogP contribution is -2.29. The van der Waals surface area contributed by atoms with Crippen LogP contribution >= 0.6 is 23.4 Å². The van der Waals surface area contributed by atoms with E-state index in [1.165, 1.54) is 18.2 Å². The Morgan fingerprint density at radius 2 is 2.17 bits per heavy atom. The van der Waals surface area contributed by atoms with E-state index in [9.17, 15) is 8.42 Å². The van der Waals surface area contributed by atoms with Gasteiger partial charge in [-0.25, -0.2) is 13.1 Å². The first-order chi connectivity index (χ1) is 8.40. The fourth-order valence-electron chi connectivity index (χ4n) is 1.23. The van der Waals surface area contributed by atoms with Crippen LogP contribution in [0.25, 0.3) is 0 Å². The first-order valence-corrected chi connectivity index (χ1v) is 8.47. The molecule has 1 aromatic carbocycles. The van der Waals surface area contributed by atoms with Crippen LogP contribution in [0, 0.1) is 0 Å². The van der Waals surface area contributed by atoms with Gasteiger partial charge in [0.2, 0.25) is 10.0 Å². The average Bonchev–Trinajstić information content (AvgIpc) is 2.36. The number of hydrogen-bond donors (Lipinski definition) is 2. The number of aliphatic hydroxyl groups excluding tert-OH is 1. The predicted molar refractivity (Wildman–Crippen MR) is 75.5 cm³/mol. The maximum absolute atomic E-state index is 12.0. The van der Waals surface area contributed by atoms with E-state index in [-0.39, 0.29) is 16.8 Å². The molecule has 102 valence electrons. The van der Waals surface area contributed by atoms with Crippen LogP contribution < -0.4 is 4.72 Å². The Morgan fingerprint density at radius 1 is 1.50 bits per heavy atom. The topological polar surface area (TPSA) is 66.4 Å². The number of thioether (sulfide) groups is 1. The summed E-state index contributed by atoms with van der Waals surface area (Å²) in [4.78, 5) is 0.115. The highest BCUT2D eigenvalue weighted by Gasteiger charge is 2.16. The number of sulfonamides is 1. The van der Waals surface area contributed by atoms with Crippen LogP contribution in [0.3, 0.4) is 0 Å². The highest BCUT2D eigenvalue weighted by molar-refractivity contribution is 7.99. The molecule has 0 spiro atoms. The van der Waals surface area contributed by atoms with Crippen LogP contribution in [0.2, 0.25) is 5.02 Å². The van der Waals surface area contributed by atoms with Gasteiger partial charge in [-0.3, -0.25) is 0 Å². The molecule has 0 heterocycles. The monoisotopic (exact) mass is 309 g/mol. The second kappa shape index (κ2) is 6.77. The van der Waals surface area contributed by atoms with Crippen LogP contribution in [0.1, 0.15) is 12.5 Å². The Morgan fingerprint density at radius 3 is 2.72 bits per heavy atom. The van der Waals surface area contributed by atoms with E-state index in [4.69, 9.17) is 16.7 Å². The summed E-state index contributed by atoms with van der Waals surface area (Å²) in [5.41, 5.74) is 0.400. The Hall–Kier alpha value is -0.270. The van der Waals surface area contributed by atoms with E-state index < -0.39 is 10.0 Å². The summed E-state index contributed by atoms with van der Waals surface area (Å²) in [6, 6.07) is 4.28. The van der Waals surface area contributed by atoms with Crippen molar-refractivity contribution in [3.63, 3.8) is 0 Å². The number of halogens is 1. The first kappa shape index (κ1) is 15.8. The van der Waals surface area contributed by atoms with E-state index in [0.29, 0.717) is 17.1 Å². The largest absolute Gasteiger partial charge is 0.392 e. The molecule has 1 unspecified atom stereocenters. The zero-order chi connectivity index (χ0) is 13.8. The number of rotatable bonds is 6. The molecule has 0 amide bonds. The van der Waals surface area contributed by atoms with Gasteiger partial charge in [0, 0.05) is 16.8 Å². The SMILES string of the molecule is CSC(C)CNS(=O)(=O)c1ccc(Cl)c(CO)c1. The second-order valence-corrected chi connectivity index (χ2v) is 7.26. The number of benzene rings is 1. The molecular formula is C11H16ClNO3S2. The third-order valence-corrected chi connectivity index (χ3v) is 5.22. The van der Waals surface area contributed by atoms with Crippen molar-refractivity contribution in [1.82, 2.24) is 4.72 Å². The molecule has 7 heteroatoms. The number of aliphatic hydroxyl groups is 1. The molecule has 2 N–H and O–H groups in total. The molecule has 0 saturated heterocycles. The summed E-state index contributed by atoms with van der Waals surface area (Å²) in [6.07, 6.45) is 1.92. The summed E-state index contributed by atoms with van der Waals surface area (Å²) in [5.74, 6) is 0. The quantitative estimate of drug-likeness (QED) is 0.842. The van der Waals surface area contributed by atoms with E-state index >= 15 is 0 Å². The highest BCUT2D eigenvalue weighted by atomic mass is 35.5. The fraction of sp³-hybridized carbons (Fsp3) is 0.455. The van der Waals surface area contributed by atoms with Gasteiger partial charge in [0.15, 0.2) is 0 Å². The normalized spacial score (nSPS) is 13.6. The lowest BCUT2D eigenvalue weighted by molar-refractivity contribution is 0.281. The van der Waals surface area contributed by atoms with Gasteiger partial charge in [-0.2, -0.15) is 11.8 Å². The molecule has 0 radical (unpaired) electrons. The van der Waals surface area contributed by atoms with Crippen molar-refractivity contribution < 1.29 is 13.5 Å². The smallest absolute Gasteiger partial charge is 0.240 e. The van der Waals surface area contributed by atoms with Gasteiger partial charge in [0.1, 0.15) is 0 Å². The highest BCUT2D eigenvalue weighted by Crippen LogP contribution is 2.20. The summed E-state index contributed by atoms with van der Waals surface area (Å²) >= 11 is 7.40. The van der Waals surface area contributed by atoms with Gasteiger partial charge >= 0.3 is 0 Å². The van der Waals surface area contributed by atoms with Gasteiger partial charge in [-0.05, 0) is 30.0 Å². The van der Waals surface area contributed by atoms with Crippen LogP contribution in [-0.2, 0) is 16.6 Å². The molecule has 0 saturated carbocycles. The zero-order valence-electron chi connectivity index (χ0n) is 10.2. The molecule has 1 rings (SSSR count). The summed E-state index contributed by atoms with van der Waals surface area (Å²) in [6.45, 7) is 2.01. The first-order valence-electron chi connectivity index (χ1n) is 5.32. The van der Waals surface area contributed by atoms with Crippen LogP contribution in [0.15, 0.2) is 23.1 Å². The third-order valence-electron chi connectivity index (χ3n) is 2.46. The number of hydrogen-bond acceptors (Lipinski definition) is 4. The van der Waals surface area contributed by atoms with Crippen molar-refractivity contribution in [2.75, 3.05) is 12.8 Å². The average molecular weight is 310 g/mol. The molecule has 0 aliphatic rings. The molecule has 1 aromatic rings. The van der Waals surface area contributed by atoms with Gasteiger partial charge in [0.05, 0.1) is 11.5 Å². The lowest BCUT2D eigenvalue weighted by atomic mass is 10.2. The van der Waals surface area contributed by atoms with Crippen LogP contribution in [0.5, 0.6) is 0 Å². The van der Waals surface area contributed by atoms with Crippen molar-refractivity contribution in [1.29, 1.82) is 0 Å². The Kier molecular flexibility index (Phi) is 5.94. The molecule has 0 aliphatic heterocycles. The van der Waals surface area contributed by atoms with Gasteiger partial charge in [0.25, 0.3) is 0 Å². The molecule has 1 atom stereocenters. The maximum Gasteiger partial charge on any atom is 0.240 e. The second-order valence-electron chi connectivity index (χ2n) is 3.81. The van der Waals surface area contributed by atoms with Crippen molar-refractivity contribution in [3.05, 3.63) is 28.8 Å². The predicted octanol–water partition coefficient (Wildman–Crippen LogP) is 1.86. The van der Waals surface area contributed by atoms with Crippen LogP contribution in [-0.4, -0.2) is 31.6 Å². The minimum absolute atomic E-state index is 0.115. The lowest BCUT2D eigenvalue weighted by Gasteiger charge is -2.11. The standard InChI is InChI=1S/C11H16ClNO3S2/c1-8(17-2)6-13-18(15,16)10-3-4-11(12)9(5-10)7-14/h3-5,8,13-14H,6-7H2,1-2H3. The van der Waals surface area contributed by atoms with Crippen molar-refractivity contribution >= 4 is 33.4 Å². The van der Waals surface area contributed by atoms with E-state index in [0.717, 1.165) is 0 Å². The van der Waals surface area contributed by atoms with Gasteiger partial charge < -0.3 is 5.11 Å². The van der Waals surface area contributed by atoms with Crippen LogP contribution in [0.4, 0.5) is 0 Å². The van der Waals surface area contributed by atoms with E-state index in [1.54, 1.807) is 11.8 Å². The molecule has 0 bridgehead atoms. The summed E-state index contributed by atoms with van der Waals surface area (Å²) < 4.78 is 26.5. The molecular weight excluding hydrogens is 294 g/mol. The van der Waals surface area contributed by atoms with Gasteiger partial charge in [-0.1, -0.05) is 18.5 Å². The molecule has 4 nitrogen and oxygen atoms in total. The Balaban J connectivity index is 2.91. The van der Waals surface area contributed by atoms with E-state index in [2.05, 4.69) is 4.72 Å². The summed E-state index contributed by atoms with van der Waals surface area (Å²) in [5, 5.41) is 9.62. The zero-order valence-corrected chi connectivity index (χ0v) is 12.6. The Labute approximate surface area is 117 Å². The fourth-order valence-corrected chi connectivity index (χ4v) is 2.95. The molecule has 18 heavy (non-hydrogen) atoms. The Bertz CT molecular complexity index is 505. The van der Waals surface area contributed by atoms with Crippen molar-refractivity contribution in [3.8, 4) is 0 Å². The van der Waals surface area contributed by atoms with E-state index in [1.807, 2.05) is 13.2 Å². The van der Waals surface area contributed by atoms with Gasteiger partial charge in [-0.15, -0.1) is 0 Å². The maximum atomic E-state index is 12.0. The minimum atomic E-state index is -3.55.